The van der Waals surface area contributed by atoms with E-state index in [1.807, 2.05) is 6.92 Å². The van der Waals surface area contributed by atoms with Crippen LogP contribution in [0.4, 0.5) is 0 Å². The van der Waals surface area contributed by atoms with Crippen LogP contribution >= 0.6 is 0 Å². The smallest absolute Gasteiger partial charge is 0.152 e. The molecule has 2 unspecified atom stereocenters. The Kier molecular flexibility index (Phi) is 2.98. The molecule has 1 aromatic rings. The van der Waals surface area contributed by atoms with Crippen molar-refractivity contribution in [3.05, 3.63) is 11.9 Å². The average Bonchev–Trinajstić information content (AvgIpc) is 2.83. The van der Waals surface area contributed by atoms with Crippen LogP contribution < -0.4 is 0 Å². The molecule has 90 valence electrons. The van der Waals surface area contributed by atoms with Gasteiger partial charge < -0.3 is 5.11 Å². The van der Waals surface area contributed by atoms with E-state index < -0.39 is 15.9 Å². The summed E-state index contributed by atoms with van der Waals surface area (Å²) in [4.78, 5) is 0. The van der Waals surface area contributed by atoms with Crippen molar-refractivity contribution >= 4 is 9.84 Å². The normalized spacial score (nSPS) is 25.8. The first-order chi connectivity index (χ1) is 7.52. The second kappa shape index (κ2) is 4.14. The molecule has 2 rings (SSSR count). The lowest BCUT2D eigenvalue weighted by molar-refractivity contribution is 0.168. The lowest BCUT2D eigenvalue weighted by Crippen LogP contribution is -2.11. The van der Waals surface area contributed by atoms with Crippen LogP contribution in [-0.2, 0) is 9.84 Å². The van der Waals surface area contributed by atoms with Crippen molar-refractivity contribution in [1.29, 1.82) is 0 Å². The molecule has 2 atom stereocenters. The zero-order chi connectivity index (χ0) is 11.8. The molecule has 0 aliphatic carbocycles. The molecule has 7 heteroatoms. The van der Waals surface area contributed by atoms with E-state index in [0.29, 0.717) is 18.5 Å². The quantitative estimate of drug-likeness (QED) is 0.815. The van der Waals surface area contributed by atoms with E-state index in [1.165, 1.54) is 0 Å². The van der Waals surface area contributed by atoms with Gasteiger partial charge in [0.05, 0.1) is 29.8 Å². The SMILES string of the molecule is CCC(O)c1cn(C2CCS(=O)(=O)C2)nn1. The van der Waals surface area contributed by atoms with Gasteiger partial charge in [0.2, 0.25) is 0 Å². The summed E-state index contributed by atoms with van der Waals surface area (Å²) in [6.45, 7) is 1.85. The predicted molar refractivity (Wildman–Crippen MR) is 57.6 cm³/mol. The molecule has 2 heterocycles. The van der Waals surface area contributed by atoms with Crippen LogP contribution in [0.2, 0.25) is 0 Å². The maximum absolute atomic E-state index is 11.3. The third-order valence-corrected chi connectivity index (χ3v) is 4.59. The first kappa shape index (κ1) is 11.5. The Morgan fingerprint density at radius 3 is 3.00 bits per heavy atom. The molecule has 0 radical (unpaired) electrons. The summed E-state index contributed by atoms with van der Waals surface area (Å²) in [5.41, 5.74) is 0.506. The van der Waals surface area contributed by atoms with Crippen molar-refractivity contribution in [2.75, 3.05) is 11.5 Å². The highest BCUT2D eigenvalue weighted by molar-refractivity contribution is 7.91. The monoisotopic (exact) mass is 245 g/mol. The Morgan fingerprint density at radius 2 is 2.44 bits per heavy atom. The largest absolute Gasteiger partial charge is 0.387 e. The van der Waals surface area contributed by atoms with E-state index in [-0.39, 0.29) is 17.5 Å². The summed E-state index contributed by atoms with van der Waals surface area (Å²) in [5, 5.41) is 17.3. The Balaban J connectivity index is 2.14. The van der Waals surface area contributed by atoms with E-state index in [2.05, 4.69) is 10.3 Å². The minimum atomic E-state index is -2.91. The summed E-state index contributed by atoms with van der Waals surface area (Å²) in [5.74, 6) is 0.335. The molecule has 1 aliphatic heterocycles. The van der Waals surface area contributed by atoms with Gasteiger partial charge in [-0.15, -0.1) is 5.10 Å². The Bertz CT molecular complexity index is 468. The van der Waals surface area contributed by atoms with Crippen LogP contribution in [0.5, 0.6) is 0 Å². The van der Waals surface area contributed by atoms with Gasteiger partial charge in [-0.1, -0.05) is 12.1 Å². The second-order valence-corrected chi connectivity index (χ2v) is 6.33. The maximum atomic E-state index is 11.3. The molecular weight excluding hydrogens is 230 g/mol. The van der Waals surface area contributed by atoms with Gasteiger partial charge in [-0.3, -0.25) is 0 Å². The zero-order valence-corrected chi connectivity index (χ0v) is 9.89. The molecule has 0 bridgehead atoms. The summed E-state index contributed by atoms with van der Waals surface area (Å²) < 4.78 is 24.2. The van der Waals surface area contributed by atoms with E-state index in [4.69, 9.17) is 0 Å². The van der Waals surface area contributed by atoms with Crippen molar-refractivity contribution in [3.8, 4) is 0 Å². The number of hydrogen-bond acceptors (Lipinski definition) is 5. The summed E-state index contributed by atoms with van der Waals surface area (Å²) in [6.07, 6.45) is 2.17. The number of hydrogen-bond donors (Lipinski definition) is 1. The molecule has 1 aliphatic rings. The van der Waals surface area contributed by atoms with Gasteiger partial charge in [-0.25, -0.2) is 13.1 Å². The highest BCUT2D eigenvalue weighted by Crippen LogP contribution is 2.23. The topological polar surface area (TPSA) is 85.1 Å². The third kappa shape index (κ3) is 2.25. The van der Waals surface area contributed by atoms with Gasteiger partial charge in [0, 0.05) is 0 Å². The minimum Gasteiger partial charge on any atom is -0.387 e. The van der Waals surface area contributed by atoms with Gasteiger partial charge >= 0.3 is 0 Å². The van der Waals surface area contributed by atoms with Crippen molar-refractivity contribution in [2.45, 2.75) is 31.9 Å². The lowest BCUT2D eigenvalue weighted by Gasteiger charge is -2.06. The molecule has 0 amide bonds. The van der Waals surface area contributed by atoms with Crippen LogP contribution in [0.15, 0.2) is 6.20 Å². The number of aliphatic hydroxyl groups is 1. The van der Waals surface area contributed by atoms with E-state index in [0.717, 1.165) is 0 Å². The van der Waals surface area contributed by atoms with Crippen LogP contribution in [0, 0.1) is 0 Å². The van der Waals surface area contributed by atoms with E-state index in [9.17, 15) is 13.5 Å². The van der Waals surface area contributed by atoms with Crippen LogP contribution in [0.1, 0.15) is 37.6 Å². The molecule has 16 heavy (non-hydrogen) atoms. The summed E-state index contributed by atoms with van der Waals surface area (Å²) in [7, 11) is -2.91. The van der Waals surface area contributed by atoms with Crippen molar-refractivity contribution in [1.82, 2.24) is 15.0 Å². The first-order valence-electron chi connectivity index (χ1n) is 5.32. The fourth-order valence-electron chi connectivity index (χ4n) is 1.81. The molecule has 1 aromatic heterocycles. The highest BCUT2D eigenvalue weighted by Gasteiger charge is 2.30. The van der Waals surface area contributed by atoms with Crippen molar-refractivity contribution in [3.63, 3.8) is 0 Å². The molecule has 6 nitrogen and oxygen atoms in total. The fraction of sp³-hybridized carbons (Fsp3) is 0.778. The number of nitrogens with zero attached hydrogens (tertiary/aromatic N) is 3. The summed E-state index contributed by atoms with van der Waals surface area (Å²) >= 11 is 0. The van der Waals surface area contributed by atoms with Crippen LogP contribution in [0.25, 0.3) is 0 Å². The van der Waals surface area contributed by atoms with Gasteiger partial charge in [0.1, 0.15) is 5.69 Å². The van der Waals surface area contributed by atoms with Gasteiger partial charge in [-0.2, -0.15) is 0 Å². The molecule has 1 fully saturated rings. The first-order valence-corrected chi connectivity index (χ1v) is 7.14. The maximum Gasteiger partial charge on any atom is 0.152 e. The standard InChI is InChI=1S/C9H15N3O3S/c1-2-9(13)8-5-12(11-10-8)7-3-4-16(14,15)6-7/h5,7,9,13H,2-4,6H2,1H3. The molecule has 0 saturated carbocycles. The predicted octanol–water partition coefficient (Wildman–Crippen LogP) is 0.0811. The van der Waals surface area contributed by atoms with Crippen molar-refractivity contribution < 1.29 is 13.5 Å². The third-order valence-electron chi connectivity index (χ3n) is 2.84. The highest BCUT2D eigenvalue weighted by atomic mass is 32.2. The zero-order valence-electron chi connectivity index (χ0n) is 9.07. The average molecular weight is 245 g/mol. The summed E-state index contributed by atoms with van der Waals surface area (Å²) in [6, 6.07) is -0.129. The van der Waals surface area contributed by atoms with Gasteiger partial charge in [-0.05, 0) is 12.8 Å². The molecule has 0 aromatic carbocycles. The number of aromatic nitrogens is 3. The fourth-order valence-corrected chi connectivity index (χ4v) is 3.52. The van der Waals surface area contributed by atoms with E-state index in [1.54, 1.807) is 10.9 Å². The Hall–Kier alpha value is -0.950. The van der Waals surface area contributed by atoms with Crippen LogP contribution in [-0.4, -0.2) is 40.0 Å². The van der Waals surface area contributed by atoms with Gasteiger partial charge in [0.25, 0.3) is 0 Å². The molecule has 1 N–H and O–H groups in total. The number of aliphatic hydroxyl groups excluding tert-OH is 1. The number of rotatable bonds is 3. The minimum absolute atomic E-state index is 0.123. The van der Waals surface area contributed by atoms with Gasteiger partial charge in [0.15, 0.2) is 9.84 Å². The number of sulfone groups is 1. The Morgan fingerprint density at radius 1 is 1.69 bits per heavy atom. The lowest BCUT2D eigenvalue weighted by atomic mass is 10.2. The molecule has 0 spiro atoms. The van der Waals surface area contributed by atoms with Crippen molar-refractivity contribution in [2.24, 2.45) is 0 Å². The molecule has 1 saturated heterocycles. The Labute approximate surface area is 94.2 Å². The molecular formula is C9H15N3O3S. The van der Waals surface area contributed by atoms with Crippen LogP contribution in [0.3, 0.4) is 0 Å². The second-order valence-electron chi connectivity index (χ2n) is 4.10. The van der Waals surface area contributed by atoms with E-state index >= 15 is 0 Å².